The fraction of sp³-hybridized carbons (Fsp3) is 0.278. The Labute approximate surface area is 140 Å². The van der Waals surface area contributed by atoms with Crippen molar-refractivity contribution in [2.24, 2.45) is 0 Å². The van der Waals surface area contributed by atoms with E-state index in [2.05, 4.69) is 17.2 Å². The van der Waals surface area contributed by atoms with Crippen LogP contribution in [0.1, 0.15) is 47.9 Å². The van der Waals surface area contributed by atoms with E-state index in [1.165, 1.54) is 4.68 Å². The summed E-state index contributed by atoms with van der Waals surface area (Å²) >= 11 is 0. The van der Waals surface area contributed by atoms with Crippen molar-refractivity contribution >= 4 is 17.2 Å². The van der Waals surface area contributed by atoms with Gasteiger partial charge in [0.25, 0.3) is 0 Å². The van der Waals surface area contributed by atoms with E-state index in [4.69, 9.17) is 15.7 Å². The van der Waals surface area contributed by atoms with Crippen molar-refractivity contribution in [3.63, 3.8) is 0 Å². The van der Waals surface area contributed by atoms with Crippen LogP contribution in [-0.4, -0.2) is 22.4 Å². The second kappa shape index (κ2) is 6.59. The molecule has 0 spiro atoms. The first-order valence-corrected chi connectivity index (χ1v) is 7.91. The van der Waals surface area contributed by atoms with Crippen LogP contribution in [-0.2, 0) is 4.74 Å². The number of benzene rings is 1. The molecular weight excluding hydrogens is 304 g/mol. The van der Waals surface area contributed by atoms with E-state index in [1.807, 2.05) is 0 Å². The highest BCUT2D eigenvalue weighted by Crippen LogP contribution is 2.33. The number of nitrogen functional groups attached to an aromatic ring is 1. The average Bonchev–Trinajstić information content (AvgIpc) is 3.22. The molecule has 6 nitrogen and oxygen atoms in total. The van der Waals surface area contributed by atoms with E-state index < -0.39 is 5.97 Å². The molecule has 122 valence electrons. The molecule has 0 saturated heterocycles. The van der Waals surface area contributed by atoms with Crippen LogP contribution < -0.4 is 5.73 Å². The molecule has 1 aromatic carbocycles. The molecule has 6 heteroatoms. The maximum absolute atomic E-state index is 12.4. The van der Waals surface area contributed by atoms with Crippen molar-refractivity contribution in [2.45, 2.75) is 26.2 Å². The van der Waals surface area contributed by atoms with E-state index in [-0.39, 0.29) is 12.3 Å². The number of anilines is 1. The van der Waals surface area contributed by atoms with Gasteiger partial charge in [0.05, 0.1) is 29.6 Å². The van der Waals surface area contributed by atoms with Gasteiger partial charge in [-0.25, -0.2) is 9.48 Å². The molecule has 0 bridgehead atoms. The molecule has 0 aliphatic heterocycles. The number of esters is 1. The number of hydrogen-bond acceptors (Lipinski definition) is 5. The molecule has 0 fully saturated rings. The standard InChI is InChI=1S/C18H18N4O2/c1-2-24-18(23)17-15(20)16(13-5-3-4-6-13)21-22(17)14-9-7-12(11-19)8-10-14/h5,7-10H,2-4,6,20H2,1H3. The Morgan fingerprint density at radius 2 is 2.17 bits per heavy atom. The number of aromatic nitrogens is 2. The van der Waals surface area contributed by atoms with Crippen LogP contribution in [0.3, 0.4) is 0 Å². The van der Waals surface area contributed by atoms with E-state index in [1.54, 1.807) is 31.2 Å². The van der Waals surface area contributed by atoms with Gasteiger partial charge in [-0.1, -0.05) is 6.08 Å². The predicted octanol–water partition coefficient (Wildman–Crippen LogP) is 3.07. The van der Waals surface area contributed by atoms with Gasteiger partial charge in [0.2, 0.25) is 0 Å². The van der Waals surface area contributed by atoms with E-state index in [0.717, 1.165) is 24.8 Å². The number of ether oxygens (including phenoxy) is 1. The molecular formula is C18H18N4O2. The number of nitrogens with zero attached hydrogens (tertiary/aromatic N) is 3. The number of hydrogen-bond donors (Lipinski definition) is 1. The van der Waals surface area contributed by atoms with Gasteiger partial charge >= 0.3 is 5.97 Å². The molecule has 0 amide bonds. The molecule has 1 heterocycles. The zero-order valence-electron chi connectivity index (χ0n) is 13.5. The Hall–Kier alpha value is -3.07. The van der Waals surface area contributed by atoms with Gasteiger partial charge in [0.1, 0.15) is 5.69 Å². The van der Waals surface area contributed by atoms with Crippen molar-refractivity contribution in [1.82, 2.24) is 9.78 Å². The third-order valence-electron chi connectivity index (χ3n) is 3.98. The molecule has 0 unspecified atom stereocenters. The second-order valence-corrected chi connectivity index (χ2v) is 5.52. The van der Waals surface area contributed by atoms with E-state index >= 15 is 0 Å². The Kier molecular flexibility index (Phi) is 4.34. The highest BCUT2D eigenvalue weighted by atomic mass is 16.5. The van der Waals surface area contributed by atoms with Crippen molar-refractivity contribution in [2.75, 3.05) is 12.3 Å². The Morgan fingerprint density at radius 3 is 2.75 bits per heavy atom. The summed E-state index contributed by atoms with van der Waals surface area (Å²) in [6.07, 6.45) is 5.06. The Morgan fingerprint density at radius 1 is 1.42 bits per heavy atom. The van der Waals surface area contributed by atoms with Crippen LogP contribution in [0.5, 0.6) is 0 Å². The minimum atomic E-state index is -0.503. The lowest BCUT2D eigenvalue weighted by Gasteiger charge is -2.07. The summed E-state index contributed by atoms with van der Waals surface area (Å²) in [6, 6.07) is 8.90. The maximum atomic E-state index is 12.4. The molecule has 0 atom stereocenters. The topological polar surface area (TPSA) is 93.9 Å². The molecule has 1 aliphatic rings. The summed E-state index contributed by atoms with van der Waals surface area (Å²) in [5.74, 6) is -0.503. The van der Waals surface area contributed by atoms with Gasteiger partial charge in [-0.15, -0.1) is 0 Å². The summed E-state index contributed by atoms with van der Waals surface area (Å²) in [5, 5.41) is 13.5. The normalized spacial score (nSPS) is 13.4. The molecule has 24 heavy (non-hydrogen) atoms. The Balaban J connectivity index is 2.13. The molecule has 1 aliphatic carbocycles. The molecule has 2 aromatic rings. The number of allylic oxidation sites excluding steroid dienone is 2. The number of carbonyl (C=O) groups is 1. The highest BCUT2D eigenvalue weighted by molar-refractivity contribution is 5.97. The van der Waals surface area contributed by atoms with Crippen molar-refractivity contribution in [3.8, 4) is 11.8 Å². The lowest BCUT2D eigenvalue weighted by Crippen LogP contribution is -2.13. The molecule has 0 saturated carbocycles. The summed E-state index contributed by atoms with van der Waals surface area (Å²) in [5.41, 5.74) is 9.69. The van der Waals surface area contributed by atoms with Crippen LogP contribution in [0, 0.1) is 11.3 Å². The molecule has 2 N–H and O–H groups in total. The largest absolute Gasteiger partial charge is 0.461 e. The van der Waals surface area contributed by atoms with Crippen LogP contribution in [0.4, 0.5) is 5.69 Å². The summed E-state index contributed by atoms with van der Waals surface area (Å²) in [6.45, 7) is 2.01. The van der Waals surface area contributed by atoms with Gasteiger partial charge in [0.15, 0.2) is 5.69 Å². The van der Waals surface area contributed by atoms with Crippen LogP contribution in [0.2, 0.25) is 0 Å². The summed E-state index contributed by atoms with van der Waals surface area (Å²) in [7, 11) is 0. The van der Waals surface area contributed by atoms with Crippen molar-refractivity contribution in [1.29, 1.82) is 5.26 Å². The number of rotatable bonds is 4. The second-order valence-electron chi connectivity index (χ2n) is 5.52. The van der Waals surface area contributed by atoms with Gasteiger partial charge < -0.3 is 10.5 Å². The molecule has 1 aromatic heterocycles. The van der Waals surface area contributed by atoms with Crippen molar-refractivity contribution in [3.05, 3.63) is 47.3 Å². The third kappa shape index (κ3) is 2.76. The summed E-state index contributed by atoms with van der Waals surface area (Å²) < 4.78 is 6.64. The minimum Gasteiger partial charge on any atom is -0.461 e. The van der Waals surface area contributed by atoms with Gasteiger partial charge in [-0.3, -0.25) is 0 Å². The fourth-order valence-electron chi connectivity index (χ4n) is 2.81. The summed E-state index contributed by atoms with van der Waals surface area (Å²) in [4.78, 5) is 12.4. The SMILES string of the molecule is CCOC(=O)c1c(N)c(C2=CCCC2)nn1-c1ccc(C#N)cc1. The monoisotopic (exact) mass is 322 g/mol. The number of carbonyl (C=O) groups excluding carboxylic acids is 1. The van der Waals surface area contributed by atoms with Crippen LogP contribution in [0.25, 0.3) is 11.3 Å². The molecule has 3 rings (SSSR count). The smallest absolute Gasteiger partial charge is 0.359 e. The van der Waals surface area contributed by atoms with Crippen molar-refractivity contribution < 1.29 is 9.53 Å². The first-order valence-electron chi connectivity index (χ1n) is 7.91. The van der Waals surface area contributed by atoms with E-state index in [9.17, 15) is 4.79 Å². The number of nitrogens with two attached hydrogens (primary N) is 1. The van der Waals surface area contributed by atoms with E-state index in [0.29, 0.717) is 22.6 Å². The fourth-order valence-corrected chi connectivity index (χ4v) is 2.81. The highest BCUT2D eigenvalue weighted by Gasteiger charge is 2.26. The van der Waals surface area contributed by atoms with Crippen LogP contribution in [0.15, 0.2) is 30.3 Å². The first kappa shape index (κ1) is 15.8. The van der Waals surface area contributed by atoms with Gasteiger partial charge in [-0.2, -0.15) is 10.4 Å². The quantitative estimate of drug-likeness (QED) is 0.873. The lowest BCUT2D eigenvalue weighted by molar-refractivity contribution is 0.0517. The number of nitriles is 1. The average molecular weight is 322 g/mol. The Bertz CT molecular complexity index is 841. The van der Waals surface area contributed by atoms with Crippen LogP contribution >= 0.6 is 0 Å². The zero-order chi connectivity index (χ0) is 17.1. The molecule has 0 radical (unpaired) electrons. The predicted molar refractivity (Wildman–Crippen MR) is 90.5 cm³/mol. The zero-order valence-corrected chi connectivity index (χ0v) is 13.5. The third-order valence-corrected chi connectivity index (χ3v) is 3.98. The maximum Gasteiger partial charge on any atom is 0.359 e. The lowest BCUT2D eigenvalue weighted by atomic mass is 10.1. The first-order chi connectivity index (χ1) is 11.7. The van der Waals surface area contributed by atoms with Gasteiger partial charge in [0, 0.05) is 0 Å². The minimum absolute atomic E-state index is 0.226. The van der Waals surface area contributed by atoms with Gasteiger partial charge in [-0.05, 0) is 56.0 Å².